The summed E-state index contributed by atoms with van der Waals surface area (Å²) in [5.74, 6) is -0.379. The predicted octanol–water partition coefficient (Wildman–Crippen LogP) is 2.14. The number of amides is 1. The summed E-state index contributed by atoms with van der Waals surface area (Å²) in [5.41, 5.74) is 1.99. The highest BCUT2D eigenvalue weighted by molar-refractivity contribution is 6.02. The highest BCUT2D eigenvalue weighted by atomic mass is 19.1. The van der Waals surface area contributed by atoms with Gasteiger partial charge in [-0.2, -0.15) is 0 Å². The number of anilines is 1. The molecular formula is C17H13FN6O2. The van der Waals surface area contributed by atoms with Gasteiger partial charge in [0.05, 0.1) is 16.7 Å². The number of aryl methyl sites for hydroxylation is 1. The largest absolute Gasteiger partial charge is 0.323 e. The van der Waals surface area contributed by atoms with Gasteiger partial charge >= 0.3 is 5.69 Å². The Bertz CT molecular complexity index is 1170. The molecule has 2 heterocycles. The molecule has 0 spiro atoms. The lowest BCUT2D eigenvalue weighted by molar-refractivity contribution is 0.101. The molecule has 2 aromatic heterocycles. The van der Waals surface area contributed by atoms with E-state index in [2.05, 4.69) is 25.4 Å². The molecule has 0 fully saturated rings. The minimum absolute atomic E-state index is 0.0190. The average Bonchev–Trinajstić information content (AvgIpc) is 3.17. The van der Waals surface area contributed by atoms with Crippen molar-refractivity contribution in [3.63, 3.8) is 0 Å². The van der Waals surface area contributed by atoms with Crippen LogP contribution in [0.5, 0.6) is 0 Å². The molecule has 8 nitrogen and oxygen atoms in total. The number of aromatic nitrogens is 5. The Morgan fingerprint density at radius 1 is 1.12 bits per heavy atom. The third kappa shape index (κ3) is 2.86. The summed E-state index contributed by atoms with van der Waals surface area (Å²) in [5, 5.41) is 6.87. The molecule has 0 atom stereocenters. The van der Waals surface area contributed by atoms with Crippen molar-refractivity contribution in [2.75, 3.05) is 5.32 Å². The van der Waals surface area contributed by atoms with Crippen molar-refractivity contribution in [3.05, 3.63) is 70.4 Å². The number of hydrogen-bond donors (Lipinski definition) is 3. The first-order valence-electron chi connectivity index (χ1n) is 7.72. The van der Waals surface area contributed by atoms with Crippen molar-refractivity contribution in [3.8, 4) is 5.69 Å². The van der Waals surface area contributed by atoms with Crippen molar-refractivity contribution in [2.45, 2.75) is 6.92 Å². The second-order valence-electron chi connectivity index (χ2n) is 5.66. The molecular weight excluding hydrogens is 339 g/mol. The van der Waals surface area contributed by atoms with Gasteiger partial charge in [0.25, 0.3) is 5.91 Å². The van der Waals surface area contributed by atoms with E-state index in [1.54, 1.807) is 37.3 Å². The van der Waals surface area contributed by atoms with Crippen molar-refractivity contribution in [1.29, 1.82) is 0 Å². The zero-order valence-corrected chi connectivity index (χ0v) is 13.6. The maximum atomic E-state index is 13.1. The molecule has 1 amide bonds. The van der Waals surface area contributed by atoms with Gasteiger partial charge in [-0.15, -0.1) is 5.10 Å². The molecule has 4 aromatic rings. The first-order chi connectivity index (χ1) is 12.5. The third-order valence-corrected chi connectivity index (χ3v) is 3.82. The predicted molar refractivity (Wildman–Crippen MR) is 92.9 cm³/mol. The lowest BCUT2D eigenvalue weighted by Gasteiger charge is -2.03. The number of halogens is 1. The van der Waals surface area contributed by atoms with Crippen LogP contribution in [0.3, 0.4) is 0 Å². The number of carbonyl (C=O) groups is 1. The number of nitrogens with zero attached hydrogens (tertiary/aromatic N) is 3. The van der Waals surface area contributed by atoms with Crippen LogP contribution in [-0.2, 0) is 0 Å². The number of rotatable bonds is 3. The number of benzene rings is 2. The minimum atomic E-state index is -0.494. The third-order valence-electron chi connectivity index (χ3n) is 3.82. The van der Waals surface area contributed by atoms with Gasteiger partial charge in [-0.25, -0.2) is 18.9 Å². The standard InChI is InChI=1S/C17H13FN6O2/c1-9-19-15(23-24(9)12-5-2-10(18)3-6-12)16(25)20-11-4-7-13-14(8-11)22-17(26)21-13/h2-8H,1H3,(H,20,25)(H2,21,22,26). The average molecular weight is 352 g/mol. The van der Waals surface area contributed by atoms with Crippen LogP contribution in [0.25, 0.3) is 16.7 Å². The zero-order valence-electron chi connectivity index (χ0n) is 13.6. The molecule has 9 heteroatoms. The molecule has 0 unspecified atom stereocenters. The summed E-state index contributed by atoms with van der Waals surface area (Å²) in [7, 11) is 0. The SMILES string of the molecule is Cc1nc(C(=O)Nc2ccc3[nH]c(=O)[nH]c3c2)nn1-c1ccc(F)cc1. The first kappa shape index (κ1) is 15.8. The highest BCUT2D eigenvalue weighted by Crippen LogP contribution is 2.16. The normalized spacial score (nSPS) is 11.0. The molecule has 0 aliphatic carbocycles. The quantitative estimate of drug-likeness (QED) is 0.525. The molecule has 0 aliphatic heterocycles. The van der Waals surface area contributed by atoms with Gasteiger partial charge in [-0.05, 0) is 49.4 Å². The van der Waals surface area contributed by atoms with E-state index in [-0.39, 0.29) is 17.3 Å². The lowest BCUT2D eigenvalue weighted by atomic mass is 10.2. The number of hydrogen-bond acceptors (Lipinski definition) is 4. The molecule has 3 N–H and O–H groups in total. The fourth-order valence-corrected chi connectivity index (χ4v) is 2.61. The molecule has 0 bridgehead atoms. The number of fused-ring (bicyclic) bond motifs is 1. The molecule has 2 aromatic carbocycles. The Labute approximate surface area is 145 Å². The number of imidazole rings is 1. The number of H-pyrrole nitrogens is 2. The van der Waals surface area contributed by atoms with E-state index in [1.165, 1.54) is 16.8 Å². The van der Waals surface area contributed by atoms with Crippen LogP contribution in [0.4, 0.5) is 10.1 Å². The summed E-state index contributed by atoms with van der Waals surface area (Å²) in [6.07, 6.45) is 0. The van der Waals surface area contributed by atoms with Gasteiger partial charge in [-0.3, -0.25) is 4.79 Å². The van der Waals surface area contributed by atoms with Crippen LogP contribution in [0, 0.1) is 12.7 Å². The summed E-state index contributed by atoms with van der Waals surface area (Å²) in [6, 6.07) is 10.7. The highest BCUT2D eigenvalue weighted by Gasteiger charge is 2.16. The van der Waals surface area contributed by atoms with E-state index in [4.69, 9.17) is 0 Å². The maximum absolute atomic E-state index is 13.1. The van der Waals surface area contributed by atoms with E-state index >= 15 is 0 Å². The molecule has 0 aliphatic rings. The summed E-state index contributed by atoms with van der Waals surface area (Å²) < 4.78 is 14.5. The smallest absolute Gasteiger partial charge is 0.319 e. The molecule has 0 radical (unpaired) electrons. The summed E-state index contributed by atoms with van der Waals surface area (Å²) >= 11 is 0. The molecule has 0 saturated carbocycles. The van der Waals surface area contributed by atoms with Gasteiger partial charge in [-0.1, -0.05) is 0 Å². The second kappa shape index (κ2) is 5.96. The van der Waals surface area contributed by atoms with Crippen LogP contribution in [-0.4, -0.2) is 30.6 Å². The van der Waals surface area contributed by atoms with Gasteiger partial charge in [0, 0.05) is 5.69 Å². The van der Waals surface area contributed by atoms with Gasteiger partial charge < -0.3 is 15.3 Å². The second-order valence-corrected chi connectivity index (χ2v) is 5.66. The van der Waals surface area contributed by atoms with Gasteiger partial charge in [0.1, 0.15) is 11.6 Å². The number of nitrogens with one attached hydrogen (secondary N) is 3. The molecule has 130 valence electrons. The number of aromatic amines is 2. The summed E-state index contributed by atoms with van der Waals surface area (Å²) in [6.45, 7) is 1.70. The van der Waals surface area contributed by atoms with E-state index in [0.717, 1.165) is 0 Å². The Hall–Kier alpha value is -3.75. The van der Waals surface area contributed by atoms with E-state index in [9.17, 15) is 14.0 Å². The Kier molecular flexibility index (Phi) is 3.61. The van der Waals surface area contributed by atoms with E-state index < -0.39 is 5.91 Å². The van der Waals surface area contributed by atoms with Crippen molar-refractivity contribution in [1.82, 2.24) is 24.7 Å². The summed E-state index contributed by atoms with van der Waals surface area (Å²) in [4.78, 5) is 33.1. The first-order valence-corrected chi connectivity index (χ1v) is 7.72. The molecule has 26 heavy (non-hydrogen) atoms. The van der Waals surface area contributed by atoms with E-state index in [0.29, 0.717) is 28.2 Å². The lowest BCUT2D eigenvalue weighted by Crippen LogP contribution is -2.14. The molecule has 4 rings (SSSR count). The van der Waals surface area contributed by atoms with Crippen LogP contribution in [0.15, 0.2) is 47.3 Å². The number of carbonyl (C=O) groups excluding carboxylic acids is 1. The Morgan fingerprint density at radius 2 is 1.85 bits per heavy atom. The van der Waals surface area contributed by atoms with Crippen molar-refractivity contribution < 1.29 is 9.18 Å². The van der Waals surface area contributed by atoms with Crippen LogP contribution < -0.4 is 11.0 Å². The molecule has 0 saturated heterocycles. The maximum Gasteiger partial charge on any atom is 0.323 e. The fourth-order valence-electron chi connectivity index (χ4n) is 2.61. The van der Waals surface area contributed by atoms with Gasteiger partial charge in [0.15, 0.2) is 0 Å². The topological polar surface area (TPSA) is 108 Å². The van der Waals surface area contributed by atoms with E-state index in [1.807, 2.05) is 0 Å². The fraction of sp³-hybridized carbons (Fsp3) is 0.0588. The monoisotopic (exact) mass is 352 g/mol. The van der Waals surface area contributed by atoms with Gasteiger partial charge in [0.2, 0.25) is 5.82 Å². The van der Waals surface area contributed by atoms with Crippen molar-refractivity contribution >= 4 is 22.6 Å². The van der Waals surface area contributed by atoms with Crippen LogP contribution >= 0.6 is 0 Å². The Balaban J connectivity index is 1.60. The zero-order chi connectivity index (χ0) is 18.3. The van der Waals surface area contributed by atoms with Crippen molar-refractivity contribution in [2.24, 2.45) is 0 Å². The van der Waals surface area contributed by atoms with Crippen LogP contribution in [0.1, 0.15) is 16.4 Å². The minimum Gasteiger partial charge on any atom is -0.319 e. The Morgan fingerprint density at radius 3 is 2.62 bits per heavy atom. The van der Waals surface area contributed by atoms with Crippen LogP contribution in [0.2, 0.25) is 0 Å².